The number of imidazole rings is 1. The highest BCUT2D eigenvalue weighted by Gasteiger charge is 2.26. The molecule has 0 saturated heterocycles. The van der Waals surface area contributed by atoms with Crippen LogP contribution in [0, 0.1) is 6.92 Å². The predicted molar refractivity (Wildman–Crippen MR) is 98.0 cm³/mol. The first kappa shape index (κ1) is 18.0. The van der Waals surface area contributed by atoms with Gasteiger partial charge in [-0.15, -0.1) is 0 Å². The first-order chi connectivity index (χ1) is 12.5. The molecule has 26 heavy (non-hydrogen) atoms. The van der Waals surface area contributed by atoms with Crippen LogP contribution in [0.5, 0.6) is 5.75 Å². The average Bonchev–Trinajstić information content (AvgIpc) is 3.38. The Morgan fingerprint density at radius 3 is 2.73 bits per heavy atom. The average molecular weight is 356 g/mol. The smallest absolute Gasteiger partial charge is 0.271 e. The summed E-state index contributed by atoms with van der Waals surface area (Å²) in [5.41, 5.74) is 2.22. The van der Waals surface area contributed by atoms with E-state index in [2.05, 4.69) is 15.6 Å². The Morgan fingerprint density at radius 2 is 2.08 bits per heavy atom. The van der Waals surface area contributed by atoms with Crippen molar-refractivity contribution in [2.24, 2.45) is 0 Å². The minimum atomic E-state index is -0.183. The van der Waals surface area contributed by atoms with Gasteiger partial charge in [0.25, 0.3) is 11.8 Å². The molecule has 3 rings (SSSR count). The first-order valence-corrected chi connectivity index (χ1v) is 8.86. The largest absolute Gasteiger partial charge is 0.497 e. The number of benzene rings is 1. The molecule has 2 N–H and O–H groups in total. The Hall–Kier alpha value is -2.83. The Bertz CT molecular complexity index is 824. The molecule has 0 unspecified atom stereocenters. The molecule has 2 aromatic rings. The molecule has 2 amide bonds. The van der Waals surface area contributed by atoms with Crippen LogP contribution in [0.3, 0.4) is 0 Å². The van der Waals surface area contributed by atoms with Crippen molar-refractivity contribution in [3.63, 3.8) is 0 Å². The molecule has 0 aliphatic heterocycles. The number of rotatable bonds is 7. The standard InChI is InChI=1S/C19H24N4O3/c1-4-9-20-18(24)15-10-14(26-3)7-8-16(15)23-11-21-17(12(23)2)19(25)22-13-5-6-13/h7-8,10-11,13H,4-6,9H2,1-3H3,(H,20,24)(H,22,25). The molecule has 138 valence electrons. The molecule has 1 saturated carbocycles. The highest BCUT2D eigenvalue weighted by atomic mass is 16.5. The summed E-state index contributed by atoms with van der Waals surface area (Å²) in [6.45, 7) is 4.41. The molecular weight excluding hydrogens is 332 g/mol. The lowest BCUT2D eigenvalue weighted by molar-refractivity contribution is 0.0941. The molecule has 7 nitrogen and oxygen atoms in total. The third-order valence-electron chi connectivity index (χ3n) is 4.38. The Labute approximate surface area is 152 Å². The van der Waals surface area contributed by atoms with Crippen LogP contribution < -0.4 is 15.4 Å². The molecule has 0 spiro atoms. The van der Waals surface area contributed by atoms with Crippen LogP contribution in [0.4, 0.5) is 0 Å². The van der Waals surface area contributed by atoms with Gasteiger partial charge in [0.05, 0.1) is 24.1 Å². The second-order valence-corrected chi connectivity index (χ2v) is 6.44. The molecule has 1 heterocycles. The topological polar surface area (TPSA) is 85.2 Å². The highest BCUT2D eigenvalue weighted by molar-refractivity contribution is 5.98. The molecule has 1 aromatic heterocycles. The second-order valence-electron chi connectivity index (χ2n) is 6.44. The minimum absolute atomic E-state index is 0.172. The van der Waals surface area contributed by atoms with Gasteiger partial charge < -0.3 is 19.9 Å². The normalized spacial score (nSPS) is 13.3. The van der Waals surface area contributed by atoms with Crippen molar-refractivity contribution in [1.82, 2.24) is 20.2 Å². The number of nitrogens with one attached hydrogen (secondary N) is 2. The van der Waals surface area contributed by atoms with Crippen molar-refractivity contribution in [3.8, 4) is 11.4 Å². The van der Waals surface area contributed by atoms with Gasteiger partial charge >= 0.3 is 0 Å². The van der Waals surface area contributed by atoms with Crippen LogP contribution in [0.1, 0.15) is 52.7 Å². The SMILES string of the molecule is CCCNC(=O)c1cc(OC)ccc1-n1cnc(C(=O)NC2CC2)c1C. The number of nitrogens with zero attached hydrogens (tertiary/aromatic N) is 2. The van der Waals surface area contributed by atoms with Gasteiger partial charge in [0.2, 0.25) is 0 Å². The van der Waals surface area contributed by atoms with Gasteiger partial charge in [-0.25, -0.2) is 4.98 Å². The molecule has 1 aromatic carbocycles. The zero-order valence-corrected chi connectivity index (χ0v) is 15.3. The quantitative estimate of drug-likeness (QED) is 0.797. The van der Waals surface area contributed by atoms with Gasteiger partial charge in [0.1, 0.15) is 17.8 Å². The summed E-state index contributed by atoms with van der Waals surface area (Å²) in [4.78, 5) is 29.2. The fraction of sp³-hybridized carbons (Fsp3) is 0.421. The number of hydrogen-bond donors (Lipinski definition) is 2. The summed E-state index contributed by atoms with van der Waals surface area (Å²) in [5, 5.41) is 5.83. The zero-order chi connectivity index (χ0) is 18.7. The Morgan fingerprint density at radius 1 is 1.31 bits per heavy atom. The van der Waals surface area contributed by atoms with E-state index in [4.69, 9.17) is 4.74 Å². The molecule has 1 aliphatic carbocycles. The molecular formula is C19H24N4O3. The number of carbonyl (C=O) groups excluding carboxylic acids is 2. The summed E-state index contributed by atoms with van der Waals surface area (Å²) in [5.74, 6) is 0.243. The van der Waals surface area contributed by atoms with Gasteiger partial charge in [-0.1, -0.05) is 6.92 Å². The van der Waals surface area contributed by atoms with Crippen molar-refractivity contribution >= 4 is 11.8 Å². The maximum absolute atomic E-state index is 12.6. The number of amides is 2. The maximum atomic E-state index is 12.6. The highest BCUT2D eigenvalue weighted by Crippen LogP contribution is 2.24. The van der Waals surface area contributed by atoms with E-state index in [0.717, 1.165) is 19.3 Å². The van der Waals surface area contributed by atoms with Crippen LogP contribution >= 0.6 is 0 Å². The Kier molecular flexibility index (Phi) is 5.25. The number of carbonyl (C=O) groups is 2. The van der Waals surface area contributed by atoms with Crippen molar-refractivity contribution < 1.29 is 14.3 Å². The van der Waals surface area contributed by atoms with E-state index in [0.29, 0.717) is 34.9 Å². The van der Waals surface area contributed by atoms with E-state index in [1.54, 1.807) is 36.2 Å². The van der Waals surface area contributed by atoms with E-state index in [1.165, 1.54) is 0 Å². The number of hydrogen-bond acceptors (Lipinski definition) is 4. The van der Waals surface area contributed by atoms with Gasteiger partial charge in [0, 0.05) is 12.6 Å². The van der Waals surface area contributed by atoms with Crippen LogP contribution in [0.25, 0.3) is 5.69 Å². The molecule has 0 atom stereocenters. The van der Waals surface area contributed by atoms with E-state index in [1.807, 2.05) is 13.8 Å². The fourth-order valence-corrected chi connectivity index (χ4v) is 2.72. The van der Waals surface area contributed by atoms with Crippen LogP contribution in [-0.4, -0.2) is 41.1 Å². The van der Waals surface area contributed by atoms with E-state index in [9.17, 15) is 9.59 Å². The molecule has 1 fully saturated rings. The monoisotopic (exact) mass is 356 g/mol. The van der Waals surface area contributed by atoms with Crippen LogP contribution in [0.15, 0.2) is 24.5 Å². The molecule has 0 radical (unpaired) electrons. The van der Waals surface area contributed by atoms with Gasteiger partial charge in [-0.05, 0) is 44.4 Å². The molecule has 1 aliphatic rings. The van der Waals surface area contributed by atoms with Gasteiger partial charge in [-0.3, -0.25) is 9.59 Å². The van der Waals surface area contributed by atoms with Crippen molar-refractivity contribution in [1.29, 1.82) is 0 Å². The maximum Gasteiger partial charge on any atom is 0.271 e. The van der Waals surface area contributed by atoms with Crippen molar-refractivity contribution in [3.05, 3.63) is 41.5 Å². The zero-order valence-electron chi connectivity index (χ0n) is 15.3. The molecule has 7 heteroatoms. The van der Waals surface area contributed by atoms with Crippen molar-refractivity contribution in [2.75, 3.05) is 13.7 Å². The van der Waals surface area contributed by atoms with Crippen LogP contribution in [-0.2, 0) is 0 Å². The fourth-order valence-electron chi connectivity index (χ4n) is 2.72. The number of ether oxygens (including phenoxy) is 1. The summed E-state index contributed by atoms with van der Waals surface area (Å²) in [7, 11) is 1.56. The lowest BCUT2D eigenvalue weighted by Gasteiger charge is -2.14. The summed E-state index contributed by atoms with van der Waals surface area (Å²) >= 11 is 0. The summed E-state index contributed by atoms with van der Waals surface area (Å²) < 4.78 is 7.02. The molecule has 0 bridgehead atoms. The van der Waals surface area contributed by atoms with Gasteiger partial charge in [0.15, 0.2) is 0 Å². The van der Waals surface area contributed by atoms with Crippen LogP contribution in [0.2, 0.25) is 0 Å². The third kappa shape index (κ3) is 3.71. The lowest BCUT2D eigenvalue weighted by atomic mass is 10.1. The lowest BCUT2D eigenvalue weighted by Crippen LogP contribution is -2.27. The second kappa shape index (κ2) is 7.59. The van der Waals surface area contributed by atoms with E-state index >= 15 is 0 Å². The number of methoxy groups -OCH3 is 1. The number of aromatic nitrogens is 2. The summed E-state index contributed by atoms with van der Waals surface area (Å²) in [6, 6.07) is 5.55. The summed E-state index contributed by atoms with van der Waals surface area (Å²) in [6.07, 6.45) is 4.47. The van der Waals surface area contributed by atoms with E-state index in [-0.39, 0.29) is 17.9 Å². The predicted octanol–water partition coefficient (Wildman–Crippen LogP) is 2.22. The first-order valence-electron chi connectivity index (χ1n) is 8.86. The van der Waals surface area contributed by atoms with Crippen molar-refractivity contribution in [2.45, 2.75) is 39.2 Å². The van der Waals surface area contributed by atoms with E-state index < -0.39 is 0 Å². The third-order valence-corrected chi connectivity index (χ3v) is 4.38. The Balaban J connectivity index is 1.96. The minimum Gasteiger partial charge on any atom is -0.497 e. The van der Waals surface area contributed by atoms with Gasteiger partial charge in [-0.2, -0.15) is 0 Å².